The summed E-state index contributed by atoms with van der Waals surface area (Å²) in [6.45, 7) is 3.21. The van der Waals surface area contributed by atoms with E-state index in [1.54, 1.807) is 4.80 Å². The summed E-state index contributed by atoms with van der Waals surface area (Å²) in [5.74, 6) is 1.51. The van der Waals surface area contributed by atoms with Gasteiger partial charge in [-0.25, -0.2) is 0 Å². The van der Waals surface area contributed by atoms with Crippen molar-refractivity contribution in [3.05, 3.63) is 60.2 Å². The van der Waals surface area contributed by atoms with Crippen molar-refractivity contribution >= 4 is 0 Å². The minimum Gasteiger partial charge on any atom is -0.492 e. The van der Waals surface area contributed by atoms with Gasteiger partial charge in [-0.2, -0.15) is 4.80 Å². The van der Waals surface area contributed by atoms with Gasteiger partial charge in [0.15, 0.2) is 0 Å². The highest BCUT2D eigenvalue weighted by Gasteiger charge is 2.05. The van der Waals surface area contributed by atoms with E-state index in [0.29, 0.717) is 19.0 Å². The molecule has 0 fully saturated rings. The van der Waals surface area contributed by atoms with Crippen LogP contribution in [0.25, 0.3) is 11.4 Å². The van der Waals surface area contributed by atoms with Gasteiger partial charge in [-0.15, -0.1) is 10.2 Å². The average molecular weight is 294 g/mol. The number of aromatic nitrogens is 4. The van der Waals surface area contributed by atoms with Gasteiger partial charge in [-0.3, -0.25) is 0 Å². The number of tetrazole rings is 1. The summed E-state index contributed by atoms with van der Waals surface area (Å²) in [5.41, 5.74) is 2.23. The van der Waals surface area contributed by atoms with Gasteiger partial charge in [0.2, 0.25) is 5.82 Å². The van der Waals surface area contributed by atoms with Crippen LogP contribution in [0.15, 0.2) is 54.6 Å². The van der Waals surface area contributed by atoms with Gasteiger partial charge < -0.3 is 4.74 Å². The number of nitrogens with zero attached hydrogens (tertiary/aromatic N) is 4. The summed E-state index contributed by atoms with van der Waals surface area (Å²) >= 11 is 0. The van der Waals surface area contributed by atoms with E-state index in [9.17, 15) is 0 Å². The van der Waals surface area contributed by atoms with Gasteiger partial charge in [0.05, 0.1) is 6.54 Å². The van der Waals surface area contributed by atoms with Crippen LogP contribution in [-0.4, -0.2) is 26.8 Å². The molecule has 0 spiro atoms. The fourth-order valence-electron chi connectivity index (χ4n) is 2.14. The largest absolute Gasteiger partial charge is 0.492 e. The highest BCUT2D eigenvalue weighted by Crippen LogP contribution is 2.14. The minimum absolute atomic E-state index is 0.512. The third-order valence-corrected chi connectivity index (χ3v) is 3.35. The summed E-state index contributed by atoms with van der Waals surface area (Å²) in [6, 6.07) is 17.9. The minimum atomic E-state index is 0.512. The quantitative estimate of drug-likeness (QED) is 0.701. The van der Waals surface area contributed by atoms with Crippen LogP contribution in [0.5, 0.6) is 5.75 Å². The lowest BCUT2D eigenvalue weighted by Crippen LogP contribution is -2.11. The lowest BCUT2D eigenvalue weighted by Gasteiger charge is -2.06. The molecule has 0 aliphatic rings. The van der Waals surface area contributed by atoms with Gasteiger partial charge in [0.1, 0.15) is 12.4 Å². The first-order valence-electron chi connectivity index (χ1n) is 7.40. The van der Waals surface area contributed by atoms with Crippen molar-refractivity contribution in [3.8, 4) is 17.1 Å². The van der Waals surface area contributed by atoms with Crippen LogP contribution < -0.4 is 4.74 Å². The van der Waals surface area contributed by atoms with Crippen molar-refractivity contribution in [3.63, 3.8) is 0 Å². The lowest BCUT2D eigenvalue weighted by atomic mass is 10.2. The molecule has 0 N–H and O–H groups in total. The van der Waals surface area contributed by atoms with Gasteiger partial charge in [-0.1, -0.05) is 49.4 Å². The van der Waals surface area contributed by atoms with Crippen LogP contribution in [0.4, 0.5) is 0 Å². The molecule has 0 saturated heterocycles. The number of hydrogen-bond acceptors (Lipinski definition) is 4. The second-order valence-corrected chi connectivity index (χ2v) is 4.92. The summed E-state index contributed by atoms with van der Waals surface area (Å²) in [6.07, 6.45) is 1.00. The van der Waals surface area contributed by atoms with Crippen LogP contribution in [0, 0.1) is 0 Å². The first-order chi connectivity index (χ1) is 10.8. The molecule has 5 heteroatoms. The van der Waals surface area contributed by atoms with Crippen molar-refractivity contribution in [1.82, 2.24) is 20.2 Å². The average Bonchev–Trinajstić information content (AvgIpc) is 3.05. The van der Waals surface area contributed by atoms with Crippen molar-refractivity contribution in [2.45, 2.75) is 19.9 Å². The molecule has 0 aliphatic heterocycles. The molecule has 22 heavy (non-hydrogen) atoms. The Morgan fingerprint density at radius 3 is 2.73 bits per heavy atom. The zero-order valence-electron chi connectivity index (χ0n) is 12.5. The van der Waals surface area contributed by atoms with Crippen molar-refractivity contribution in [1.29, 1.82) is 0 Å². The van der Waals surface area contributed by atoms with Crippen molar-refractivity contribution in [2.24, 2.45) is 0 Å². The molecule has 0 unspecified atom stereocenters. The molecule has 0 saturated carbocycles. The predicted octanol–water partition coefficient (Wildman–Crippen LogP) is 2.98. The maximum Gasteiger partial charge on any atom is 0.204 e. The van der Waals surface area contributed by atoms with Crippen molar-refractivity contribution in [2.75, 3.05) is 6.61 Å². The molecular formula is C17H18N4O. The van der Waals surface area contributed by atoms with E-state index in [-0.39, 0.29) is 0 Å². The molecule has 0 radical (unpaired) electrons. The second kappa shape index (κ2) is 6.85. The van der Waals surface area contributed by atoms with Gasteiger partial charge in [0.25, 0.3) is 0 Å². The molecule has 5 nitrogen and oxygen atoms in total. The molecular weight excluding hydrogens is 276 g/mol. The summed E-state index contributed by atoms with van der Waals surface area (Å²) in [4.78, 5) is 1.56. The van der Waals surface area contributed by atoms with Crippen LogP contribution >= 0.6 is 0 Å². The number of benzene rings is 2. The summed E-state index contributed by atoms with van der Waals surface area (Å²) in [5, 5.41) is 12.5. The SMILES string of the molecule is CCc1cccc(OCCn2nnc(-c3ccccc3)n2)c1. The van der Waals surface area contributed by atoms with Crippen LogP contribution in [0.3, 0.4) is 0 Å². The lowest BCUT2D eigenvalue weighted by molar-refractivity contribution is 0.280. The molecule has 0 amide bonds. The second-order valence-electron chi connectivity index (χ2n) is 4.92. The Morgan fingerprint density at radius 2 is 1.91 bits per heavy atom. The first kappa shape index (κ1) is 14.3. The molecule has 3 rings (SSSR count). The summed E-state index contributed by atoms with van der Waals surface area (Å²) < 4.78 is 5.74. The Labute approximate surface area is 129 Å². The standard InChI is InChI=1S/C17H18N4O/c1-2-14-7-6-10-16(13-14)22-12-11-21-19-17(18-20-21)15-8-4-3-5-9-15/h3-10,13H,2,11-12H2,1H3. The van der Waals surface area contributed by atoms with E-state index in [4.69, 9.17) is 4.74 Å². The fourth-order valence-corrected chi connectivity index (χ4v) is 2.14. The number of ether oxygens (including phenoxy) is 1. The Morgan fingerprint density at radius 1 is 1.05 bits per heavy atom. The van der Waals surface area contributed by atoms with Gasteiger partial charge in [0, 0.05) is 5.56 Å². The molecule has 1 heterocycles. The molecule has 0 aliphatic carbocycles. The first-order valence-corrected chi connectivity index (χ1v) is 7.40. The third-order valence-electron chi connectivity index (χ3n) is 3.35. The van der Waals surface area contributed by atoms with Crippen LogP contribution in [0.1, 0.15) is 12.5 Å². The topological polar surface area (TPSA) is 52.8 Å². The zero-order chi connectivity index (χ0) is 15.2. The Balaban J connectivity index is 1.57. The van der Waals surface area contributed by atoms with Crippen molar-refractivity contribution < 1.29 is 4.74 Å². The maximum atomic E-state index is 5.74. The molecule has 0 bridgehead atoms. The van der Waals surface area contributed by atoms with E-state index < -0.39 is 0 Å². The molecule has 1 aromatic heterocycles. The molecule has 112 valence electrons. The fraction of sp³-hybridized carbons (Fsp3) is 0.235. The highest BCUT2D eigenvalue weighted by atomic mass is 16.5. The van der Waals surface area contributed by atoms with Crippen LogP contribution in [-0.2, 0) is 13.0 Å². The van der Waals surface area contributed by atoms with E-state index in [0.717, 1.165) is 17.7 Å². The molecule has 0 atom stereocenters. The maximum absolute atomic E-state index is 5.74. The predicted molar refractivity (Wildman–Crippen MR) is 84.6 cm³/mol. The van der Waals surface area contributed by atoms with E-state index in [2.05, 4.69) is 34.5 Å². The number of hydrogen-bond donors (Lipinski definition) is 0. The van der Waals surface area contributed by atoms with E-state index >= 15 is 0 Å². The summed E-state index contributed by atoms with van der Waals surface area (Å²) in [7, 11) is 0. The highest BCUT2D eigenvalue weighted by molar-refractivity contribution is 5.52. The van der Waals surface area contributed by atoms with Gasteiger partial charge >= 0.3 is 0 Å². The molecule has 2 aromatic carbocycles. The zero-order valence-corrected chi connectivity index (χ0v) is 12.5. The Hall–Kier alpha value is -2.69. The van der Waals surface area contributed by atoms with E-state index in [1.165, 1.54) is 5.56 Å². The number of aryl methyl sites for hydroxylation is 1. The monoisotopic (exact) mass is 294 g/mol. The third kappa shape index (κ3) is 3.49. The van der Waals surface area contributed by atoms with E-state index in [1.807, 2.05) is 42.5 Å². The van der Waals surface area contributed by atoms with Crippen LogP contribution in [0.2, 0.25) is 0 Å². The Bertz CT molecular complexity index is 724. The van der Waals surface area contributed by atoms with Gasteiger partial charge in [-0.05, 0) is 29.3 Å². The molecule has 3 aromatic rings. The smallest absolute Gasteiger partial charge is 0.204 e. The Kier molecular flexibility index (Phi) is 4.44. The number of rotatable bonds is 6. The normalized spacial score (nSPS) is 10.6.